The third kappa shape index (κ3) is 5.15. The lowest BCUT2D eigenvalue weighted by Crippen LogP contribution is -2.13. The van der Waals surface area contributed by atoms with Crippen LogP contribution in [0.2, 0.25) is 0 Å². The first-order chi connectivity index (χ1) is 9.94. The Morgan fingerprint density at radius 1 is 1.33 bits per heavy atom. The summed E-state index contributed by atoms with van der Waals surface area (Å²) in [5.41, 5.74) is 7.25. The molecule has 2 rings (SSSR count). The number of amidine groups is 1. The smallest absolute Gasteiger partial charge is 0.254 e. The van der Waals surface area contributed by atoms with Crippen molar-refractivity contribution in [2.75, 3.05) is 5.75 Å². The summed E-state index contributed by atoms with van der Waals surface area (Å²) >= 11 is 1.09. The van der Waals surface area contributed by atoms with Gasteiger partial charge in [-0.2, -0.15) is 0 Å². The van der Waals surface area contributed by atoms with Gasteiger partial charge in [-0.25, -0.2) is 13.8 Å². The lowest BCUT2D eigenvalue weighted by atomic mass is 10.2. The molecule has 0 radical (unpaired) electrons. The molecule has 0 bridgehead atoms. The van der Waals surface area contributed by atoms with Gasteiger partial charge in [-0.3, -0.25) is 4.98 Å². The number of alkyl halides is 2. The predicted molar refractivity (Wildman–Crippen MR) is 82.4 cm³/mol. The number of aromatic nitrogens is 1. The molecule has 0 atom stereocenters. The summed E-state index contributed by atoms with van der Waals surface area (Å²) in [4.78, 5) is 8.99. The fourth-order valence-electron chi connectivity index (χ4n) is 1.57. The van der Waals surface area contributed by atoms with Crippen LogP contribution in [0.15, 0.2) is 58.7 Å². The Morgan fingerprint density at radius 2 is 2.14 bits per heavy atom. The van der Waals surface area contributed by atoms with Crippen LogP contribution in [0.25, 0.3) is 0 Å². The van der Waals surface area contributed by atoms with E-state index in [4.69, 9.17) is 5.73 Å². The summed E-state index contributed by atoms with van der Waals surface area (Å²) in [6, 6.07) is 10.6. The van der Waals surface area contributed by atoms with Gasteiger partial charge >= 0.3 is 0 Å². The Morgan fingerprint density at radius 3 is 2.81 bits per heavy atom. The second-order valence-corrected chi connectivity index (χ2v) is 5.64. The standard InChI is InChI=1S/C15H15F2N3S/c1-15(16,17)10-21-13-6-2-5-12(8-13)20-14(18)11-4-3-7-19-9-11/h2-9H,10H2,1H3,(H2,18,20). The Kier molecular flexibility index (Phi) is 4.90. The van der Waals surface area contributed by atoms with Crippen LogP contribution in [0.1, 0.15) is 12.5 Å². The largest absolute Gasteiger partial charge is 0.383 e. The molecule has 110 valence electrons. The Balaban J connectivity index is 2.14. The number of nitrogens with zero attached hydrogens (tertiary/aromatic N) is 2. The molecule has 0 saturated carbocycles. The van der Waals surface area contributed by atoms with E-state index in [-0.39, 0.29) is 5.75 Å². The van der Waals surface area contributed by atoms with E-state index in [1.54, 1.807) is 42.7 Å². The van der Waals surface area contributed by atoms with Gasteiger partial charge < -0.3 is 5.73 Å². The normalized spacial score (nSPS) is 12.4. The molecule has 0 unspecified atom stereocenters. The molecule has 6 heteroatoms. The fraction of sp³-hybridized carbons (Fsp3) is 0.200. The summed E-state index contributed by atoms with van der Waals surface area (Å²) in [5, 5.41) is 0. The van der Waals surface area contributed by atoms with Crippen molar-refractivity contribution >= 4 is 23.3 Å². The molecular formula is C15H15F2N3S. The molecule has 0 spiro atoms. The molecule has 2 N–H and O–H groups in total. The number of hydrogen-bond acceptors (Lipinski definition) is 3. The third-order valence-electron chi connectivity index (χ3n) is 2.52. The SMILES string of the molecule is CC(F)(F)CSc1cccc(N=C(N)c2cccnc2)c1. The van der Waals surface area contributed by atoms with E-state index < -0.39 is 5.92 Å². The topological polar surface area (TPSA) is 51.3 Å². The average Bonchev–Trinajstić information content (AvgIpc) is 2.46. The van der Waals surface area contributed by atoms with E-state index in [1.165, 1.54) is 0 Å². The summed E-state index contributed by atoms with van der Waals surface area (Å²) < 4.78 is 25.7. The van der Waals surface area contributed by atoms with E-state index in [2.05, 4.69) is 9.98 Å². The maximum absolute atomic E-state index is 12.9. The van der Waals surface area contributed by atoms with Gasteiger partial charge in [-0.1, -0.05) is 6.07 Å². The van der Waals surface area contributed by atoms with E-state index in [9.17, 15) is 8.78 Å². The van der Waals surface area contributed by atoms with E-state index in [1.807, 2.05) is 6.07 Å². The van der Waals surface area contributed by atoms with Gasteiger partial charge in [0.25, 0.3) is 5.92 Å². The Labute approximate surface area is 126 Å². The maximum atomic E-state index is 12.9. The second-order valence-electron chi connectivity index (χ2n) is 4.59. The van der Waals surface area contributed by atoms with E-state index >= 15 is 0 Å². The van der Waals surface area contributed by atoms with Crippen LogP contribution in [-0.2, 0) is 0 Å². The highest BCUT2D eigenvalue weighted by Gasteiger charge is 2.20. The van der Waals surface area contributed by atoms with Crippen LogP contribution < -0.4 is 5.73 Å². The highest BCUT2D eigenvalue weighted by atomic mass is 32.2. The summed E-state index contributed by atoms with van der Waals surface area (Å²) in [7, 11) is 0. The van der Waals surface area contributed by atoms with Gasteiger partial charge in [0.2, 0.25) is 0 Å². The molecule has 1 aromatic carbocycles. The van der Waals surface area contributed by atoms with Gasteiger partial charge in [0.1, 0.15) is 5.84 Å². The van der Waals surface area contributed by atoms with Crippen molar-refractivity contribution in [2.45, 2.75) is 17.7 Å². The van der Waals surface area contributed by atoms with Crippen molar-refractivity contribution in [3.8, 4) is 0 Å². The van der Waals surface area contributed by atoms with Crippen molar-refractivity contribution in [1.29, 1.82) is 0 Å². The zero-order chi connectivity index (χ0) is 15.3. The highest BCUT2D eigenvalue weighted by molar-refractivity contribution is 7.99. The second kappa shape index (κ2) is 6.67. The van der Waals surface area contributed by atoms with Crippen LogP contribution in [0.5, 0.6) is 0 Å². The summed E-state index contributed by atoms with van der Waals surface area (Å²) in [5.74, 6) is -2.62. The fourth-order valence-corrected chi connectivity index (χ4v) is 2.37. The minimum atomic E-state index is -2.70. The third-order valence-corrected chi connectivity index (χ3v) is 3.76. The van der Waals surface area contributed by atoms with Crippen molar-refractivity contribution in [3.63, 3.8) is 0 Å². The van der Waals surface area contributed by atoms with Gasteiger partial charge in [-0.15, -0.1) is 11.8 Å². The highest BCUT2D eigenvalue weighted by Crippen LogP contribution is 2.28. The quantitative estimate of drug-likeness (QED) is 0.518. The van der Waals surface area contributed by atoms with Crippen LogP contribution in [0, 0.1) is 0 Å². The van der Waals surface area contributed by atoms with E-state index in [0.29, 0.717) is 11.5 Å². The number of benzene rings is 1. The van der Waals surface area contributed by atoms with Crippen molar-refractivity contribution in [2.24, 2.45) is 10.7 Å². The van der Waals surface area contributed by atoms with Crippen molar-refractivity contribution < 1.29 is 8.78 Å². The van der Waals surface area contributed by atoms with Gasteiger partial charge in [0, 0.05) is 29.8 Å². The molecular weight excluding hydrogens is 292 g/mol. The lowest BCUT2D eigenvalue weighted by Gasteiger charge is -2.09. The molecule has 21 heavy (non-hydrogen) atoms. The van der Waals surface area contributed by atoms with Crippen molar-refractivity contribution in [3.05, 3.63) is 54.4 Å². The summed E-state index contributed by atoms with van der Waals surface area (Å²) in [6.07, 6.45) is 3.27. The number of rotatable bonds is 5. The van der Waals surface area contributed by atoms with Crippen LogP contribution in [0.3, 0.4) is 0 Å². The zero-order valence-corrected chi connectivity index (χ0v) is 12.3. The first kappa shape index (κ1) is 15.4. The van der Waals surface area contributed by atoms with Gasteiger partial charge in [0.15, 0.2) is 0 Å². The molecule has 1 aromatic heterocycles. The molecule has 0 fully saturated rings. The first-order valence-corrected chi connectivity index (χ1v) is 7.28. The predicted octanol–water partition coefficient (Wildman–Crippen LogP) is 3.87. The van der Waals surface area contributed by atoms with Gasteiger partial charge in [-0.05, 0) is 30.3 Å². The van der Waals surface area contributed by atoms with Crippen LogP contribution in [0.4, 0.5) is 14.5 Å². The molecule has 1 heterocycles. The number of aliphatic imine (C=N–C) groups is 1. The number of hydrogen-bond donors (Lipinski definition) is 1. The Bertz CT molecular complexity index is 624. The maximum Gasteiger partial charge on any atom is 0.254 e. The molecule has 0 amide bonds. The average molecular weight is 307 g/mol. The number of pyridine rings is 1. The van der Waals surface area contributed by atoms with E-state index in [0.717, 1.165) is 29.1 Å². The molecule has 0 aliphatic heterocycles. The zero-order valence-electron chi connectivity index (χ0n) is 11.5. The number of nitrogens with two attached hydrogens (primary N) is 1. The lowest BCUT2D eigenvalue weighted by molar-refractivity contribution is 0.0492. The number of thioether (sulfide) groups is 1. The van der Waals surface area contributed by atoms with Crippen LogP contribution >= 0.6 is 11.8 Å². The molecule has 3 nitrogen and oxygen atoms in total. The minimum Gasteiger partial charge on any atom is -0.383 e. The van der Waals surface area contributed by atoms with Crippen molar-refractivity contribution in [1.82, 2.24) is 4.98 Å². The molecule has 0 aliphatic rings. The Hall–Kier alpha value is -1.95. The summed E-state index contributed by atoms with van der Waals surface area (Å²) in [6.45, 7) is 0.905. The first-order valence-electron chi connectivity index (χ1n) is 6.29. The van der Waals surface area contributed by atoms with Crippen LogP contribution in [-0.4, -0.2) is 22.5 Å². The molecule has 2 aromatic rings. The minimum absolute atomic E-state index is 0.266. The van der Waals surface area contributed by atoms with Gasteiger partial charge in [0.05, 0.1) is 11.4 Å². The number of halogens is 2. The monoisotopic (exact) mass is 307 g/mol. The molecule has 0 saturated heterocycles. The molecule has 0 aliphatic carbocycles.